The van der Waals surface area contributed by atoms with Crippen LogP contribution in [-0.4, -0.2) is 74.7 Å². The van der Waals surface area contributed by atoms with Gasteiger partial charge in [0, 0.05) is 38.8 Å². The van der Waals surface area contributed by atoms with Crippen LogP contribution >= 0.6 is 0 Å². The van der Waals surface area contributed by atoms with E-state index in [9.17, 15) is 9.59 Å². The number of amides is 1. The van der Waals surface area contributed by atoms with E-state index < -0.39 is 0 Å². The lowest BCUT2D eigenvalue weighted by molar-refractivity contribution is -0.146. The van der Waals surface area contributed by atoms with Gasteiger partial charge in [0.05, 0.1) is 26.2 Å². The molecule has 0 N–H and O–H groups in total. The molecule has 148 valence electrons. The molecule has 1 saturated heterocycles. The topological polar surface area (TPSA) is 59.1 Å². The van der Waals surface area contributed by atoms with Crippen molar-refractivity contribution in [2.24, 2.45) is 5.92 Å². The average molecular weight is 374 g/mol. The highest BCUT2D eigenvalue weighted by atomic mass is 16.5. The largest absolute Gasteiger partial charge is 0.469 e. The molecule has 0 aromatic heterocycles. The van der Waals surface area contributed by atoms with E-state index in [0.29, 0.717) is 13.1 Å². The Kier molecular flexibility index (Phi) is 8.48. The maximum atomic E-state index is 12.7. The van der Waals surface area contributed by atoms with Gasteiger partial charge < -0.3 is 14.4 Å². The fourth-order valence-electron chi connectivity index (χ4n) is 2.94. The highest BCUT2D eigenvalue weighted by Gasteiger charge is 2.21. The summed E-state index contributed by atoms with van der Waals surface area (Å²) in [7, 11) is 1.37. The van der Waals surface area contributed by atoms with Crippen LogP contribution in [0.4, 0.5) is 0 Å². The van der Waals surface area contributed by atoms with E-state index in [1.807, 2.05) is 37.3 Å². The molecule has 1 heterocycles. The van der Waals surface area contributed by atoms with Crippen molar-refractivity contribution in [3.05, 3.63) is 41.5 Å². The van der Waals surface area contributed by atoms with Gasteiger partial charge >= 0.3 is 5.97 Å². The third-order valence-corrected chi connectivity index (χ3v) is 4.70. The summed E-state index contributed by atoms with van der Waals surface area (Å²) in [5, 5.41) is 0. The van der Waals surface area contributed by atoms with Crippen molar-refractivity contribution in [3.63, 3.8) is 0 Å². The zero-order chi connectivity index (χ0) is 19.6. The third-order valence-electron chi connectivity index (χ3n) is 4.70. The summed E-state index contributed by atoms with van der Waals surface area (Å²) in [6.45, 7) is 8.67. The number of carbonyl (C=O) groups excluding carboxylic acids is 2. The van der Waals surface area contributed by atoms with Crippen molar-refractivity contribution in [2.45, 2.75) is 13.8 Å². The number of methoxy groups -OCH3 is 1. The molecule has 1 amide bonds. The van der Waals surface area contributed by atoms with E-state index in [0.717, 1.165) is 38.4 Å². The Morgan fingerprint density at radius 1 is 1.26 bits per heavy atom. The van der Waals surface area contributed by atoms with E-state index >= 15 is 0 Å². The molecule has 0 bridgehead atoms. The number of hydrogen-bond donors (Lipinski definition) is 0. The zero-order valence-electron chi connectivity index (χ0n) is 16.5. The molecule has 0 aliphatic carbocycles. The number of hydrogen-bond acceptors (Lipinski definition) is 5. The summed E-state index contributed by atoms with van der Waals surface area (Å²) in [6.07, 6.45) is 3.39. The van der Waals surface area contributed by atoms with Gasteiger partial charge in [0.2, 0.25) is 5.91 Å². The van der Waals surface area contributed by atoms with Gasteiger partial charge in [-0.05, 0) is 18.6 Å². The van der Waals surface area contributed by atoms with Crippen molar-refractivity contribution < 1.29 is 19.1 Å². The van der Waals surface area contributed by atoms with Crippen molar-refractivity contribution in [3.8, 4) is 0 Å². The van der Waals surface area contributed by atoms with Gasteiger partial charge in [-0.25, -0.2) is 0 Å². The number of rotatable bonds is 8. The Morgan fingerprint density at radius 3 is 2.56 bits per heavy atom. The number of aryl methyl sites for hydroxylation is 1. The van der Waals surface area contributed by atoms with Crippen LogP contribution in [0, 0.1) is 12.8 Å². The lowest BCUT2D eigenvalue weighted by Crippen LogP contribution is -2.44. The van der Waals surface area contributed by atoms with Crippen molar-refractivity contribution in [1.82, 2.24) is 9.80 Å². The Morgan fingerprint density at radius 2 is 1.93 bits per heavy atom. The molecule has 6 heteroatoms. The van der Waals surface area contributed by atoms with E-state index in [1.165, 1.54) is 12.7 Å². The average Bonchev–Trinajstić information content (AvgIpc) is 2.70. The zero-order valence-corrected chi connectivity index (χ0v) is 16.5. The molecule has 1 aromatic carbocycles. The first-order valence-electron chi connectivity index (χ1n) is 9.41. The maximum absolute atomic E-state index is 12.7. The molecular formula is C21H30N2O4. The lowest BCUT2D eigenvalue weighted by Gasteiger charge is -2.30. The summed E-state index contributed by atoms with van der Waals surface area (Å²) in [6, 6.07) is 7.99. The van der Waals surface area contributed by atoms with Gasteiger partial charge in [-0.15, -0.1) is 0 Å². The number of morpholine rings is 1. The molecule has 1 aliphatic heterocycles. The first-order valence-corrected chi connectivity index (χ1v) is 9.41. The Hall–Kier alpha value is -2.18. The Bertz CT molecular complexity index is 636. The van der Waals surface area contributed by atoms with E-state index in [-0.39, 0.29) is 17.8 Å². The third kappa shape index (κ3) is 7.15. The van der Waals surface area contributed by atoms with E-state index in [2.05, 4.69) is 4.90 Å². The van der Waals surface area contributed by atoms with Gasteiger partial charge in [0.1, 0.15) is 0 Å². The highest BCUT2D eigenvalue weighted by Crippen LogP contribution is 2.08. The maximum Gasteiger partial charge on any atom is 0.310 e. The Labute approximate surface area is 161 Å². The molecule has 1 aliphatic rings. The van der Waals surface area contributed by atoms with E-state index in [1.54, 1.807) is 17.9 Å². The molecule has 2 rings (SSSR count). The van der Waals surface area contributed by atoms with Gasteiger partial charge in [-0.3, -0.25) is 14.5 Å². The minimum Gasteiger partial charge on any atom is -0.469 e. The van der Waals surface area contributed by atoms with Crippen LogP contribution in [0.3, 0.4) is 0 Å². The fourth-order valence-corrected chi connectivity index (χ4v) is 2.94. The van der Waals surface area contributed by atoms with Crippen LogP contribution in [-0.2, 0) is 19.1 Å². The van der Waals surface area contributed by atoms with Gasteiger partial charge in [0.25, 0.3) is 0 Å². The number of benzene rings is 1. The van der Waals surface area contributed by atoms with Gasteiger partial charge in [-0.1, -0.05) is 36.8 Å². The minimum atomic E-state index is -0.364. The second-order valence-electron chi connectivity index (χ2n) is 6.91. The molecule has 6 nitrogen and oxygen atoms in total. The second-order valence-corrected chi connectivity index (χ2v) is 6.91. The first-order chi connectivity index (χ1) is 13.0. The molecule has 1 aromatic rings. The monoisotopic (exact) mass is 374 g/mol. The van der Waals surface area contributed by atoms with Crippen LogP contribution in [0.2, 0.25) is 0 Å². The Balaban J connectivity index is 2.00. The standard InChI is InChI=1S/C21H30N2O4/c1-17-4-6-19(7-5-17)8-9-20(24)23(16-18(2)21(25)26-3)11-10-22-12-14-27-15-13-22/h4-9,18H,10-16H2,1-3H3/b9-8+. The van der Waals surface area contributed by atoms with Crippen LogP contribution in [0.25, 0.3) is 6.08 Å². The predicted molar refractivity (Wildman–Crippen MR) is 105 cm³/mol. The molecule has 0 radical (unpaired) electrons. The van der Waals surface area contributed by atoms with Gasteiger partial charge in [0.15, 0.2) is 0 Å². The van der Waals surface area contributed by atoms with Gasteiger partial charge in [-0.2, -0.15) is 0 Å². The molecular weight excluding hydrogens is 344 g/mol. The lowest BCUT2D eigenvalue weighted by atomic mass is 10.1. The van der Waals surface area contributed by atoms with Crippen LogP contribution in [0.1, 0.15) is 18.1 Å². The number of nitrogens with zero attached hydrogens (tertiary/aromatic N) is 2. The minimum absolute atomic E-state index is 0.0976. The summed E-state index contributed by atoms with van der Waals surface area (Å²) in [4.78, 5) is 28.5. The van der Waals surface area contributed by atoms with Crippen LogP contribution < -0.4 is 0 Å². The molecule has 1 atom stereocenters. The smallest absolute Gasteiger partial charge is 0.310 e. The van der Waals surface area contributed by atoms with Crippen molar-refractivity contribution in [1.29, 1.82) is 0 Å². The molecule has 1 fully saturated rings. The normalized spacial score (nSPS) is 16.3. The number of carbonyl (C=O) groups is 2. The first kappa shape index (κ1) is 21.1. The van der Waals surface area contributed by atoms with E-state index in [4.69, 9.17) is 9.47 Å². The number of ether oxygens (including phenoxy) is 2. The summed E-state index contributed by atoms with van der Waals surface area (Å²) in [5.41, 5.74) is 2.15. The molecule has 0 spiro atoms. The highest BCUT2D eigenvalue weighted by molar-refractivity contribution is 5.92. The van der Waals surface area contributed by atoms with Crippen molar-refractivity contribution in [2.75, 3.05) is 53.0 Å². The predicted octanol–water partition coefficient (Wildman–Crippen LogP) is 1.98. The number of esters is 1. The second kappa shape index (κ2) is 10.8. The van der Waals surface area contributed by atoms with Crippen LogP contribution in [0.15, 0.2) is 30.3 Å². The SMILES string of the molecule is COC(=O)C(C)CN(CCN1CCOCC1)C(=O)/C=C/c1ccc(C)cc1. The van der Waals surface area contributed by atoms with Crippen LogP contribution in [0.5, 0.6) is 0 Å². The molecule has 1 unspecified atom stereocenters. The summed E-state index contributed by atoms with van der Waals surface area (Å²) < 4.78 is 10.2. The summed E-state index contributed by atoms with van der Waals surface area (Å²) in [5.74, 6) is -0.766. The molecule has 27 heavy (non-hydrogen) atoms. The summed E-state index contributed by atoms with van der Waals surface area (Å²) >= 11 is 0. The molecule has 0 saturated carbocycles. The van der Waals surface area contributed by atoms with Crippen molar-refractivity contribution >= 4 is 18.0 Å². The quantitative estimate of drug-likeness (QED) is 0.514. The fraction of sp³-hybridized carbons (Fsp3) is 0.524.